The lowest BCUT2D eigenvalue weighted by Crippen LogP contribution is -1.69. The van der Waals surface area contributed by atoms with E-state index in [1.54, 1.807) is 0 Å². The highest BCUT2D eigenvalue weighted by Gasteiger charge is 1.88. The molecule has 1 rings (SSSR count). The fourth-order valence-electron chi connectivity index (χ4n) is 0.551. The molecule has 0 heterocycles. The largest absolute Gasteiger partial charge is 0.317 e. The van der Waals surface area contributed by atoms with E-state index >= 15 is 0 Å². The summed E-state index contributed by atoms with van der Waals surface area (Å²) in [5.41, 5.74) is 1.28. The average molecular weight is 306 g/mol. The quantitative estimate of drug-likeness (QED) is 0.688. The molecule has 0 spiro atoms. The lowest BCUT2D eigenvalue weighted by atomic mass is 10.2. The van der Waals surface area contributed by atoms with Gasteiger partial charge in [0.2, 0.25) is 0 Å². The number of hydrogen-bond acceptors (Lipinski definition) is 2. The highest BCUT2D eigenvalue weighted by atomic mass is 79.9. The van der Waals surface area contributed by atoms with Crippen molar-refractivity contribution >= 4 is 45.6 Å². The van der Waals surface area contributed by atoms with E-state index < -0.39 is 8.26 Å². The van der Waals surface area contributed by atoms with Crippen LogP contribution >= 0.6 is 37.3 Å². The third-order valence-corrected chi connectivity index (χ3v) is 1.97. The summed E-state index contributed by atoms with van der Waals surface area (Å²) in [6, 6.07) is 8.15. The molecule has 2 nitrogen and oxygen atoms in total. The molecule has 0 N–H and O–H groups in total. The van der Waals surface area contributed by atoms with E-state index in [-0.39, 0.29) is 0 Å². The first-order chi connectivity index (χ1) is 5.80. The predicted octanol–water partition coefficient (Wildman–Crippen LogP) is 3.47. The van der Waals surface area contributed by atoms with Crippen LogP contribution in [0.4, 0.5) is 0 Å². The molecule has 0 saturated heterocycles. The molecule has 0 atom stereocenters. The standard InChI is InChI=1S/C7H7Br.Cl2O2S/c1-6-4-2-3-5-7(6)8;1-5(2,3)4/h2-5H,1H3;. The summed E-state index contributed by atoms with van der Waals surface area (Å²) >= 11 is 3.40. The summed E-state index contributed by atoms with van der Waals surface area (Å²) < 4.78 is 19.5. The van der Waals surface area contributed by atoms with Crippen molar-refractivity contribution in [3.05, 3.63) is 34.3 Å². The first-order valence-electron chi connectivity index (χ1n) is 3.16. The molecule has 0 aliphatic rings. The summed E-state index contributed by atoms with van der Waals surface area (Å²) in [5.74, 6) is 0. The zero-order chi connectivity index (χ0) is 10.5. The molecule has 13 heavy (non-hydrogen) atoms. The van der Waals surface area contributed by atoms with Crippen LogP contribution in [-0.4, -0.2) is 8.42 Å². The van der Waals surface area contributed by atoms with Gasteiger partial charge in [0, 0.05) is 25.8 Å². The summed E-state index contributed by atoms with van der Waals surface area (Å²) in [4.78, 5) is 0. The van der Waals surface area contributed by atoms with Gasteiger partial charge in [-0.3, -0.25) is 0 Å². The minimum absolute atomic E-state index is 1.18. The fourth-order valence-corrected chi connectivity index (χ4v) is 0.836. The Bertz CT molecular complexity index is 336. The van der Waals surface area contributed by atoms with Gasteiger partial charge >= 0.3 is 8.26 Å². The number of benzene rings is 1. The first kappa shape index (κ1) is 13.2. The SMILES string of the molecule is Cc1ccccc1Br.O=S(=O)(Cl)Cl. The van der Waals surface area contributed by atoms with Crippen LogP contribution < -0.4 is 0 Å². The Morgan fingerprint density at radius 2 is 1.62 bits per heavy atom. The van der Waals surface area contributed by atoms with E-state index in [1.807, 2.05) is 18.2 Å². The fraction of sp³-hybridized carbons (Fsp3) is 0.143. The molecule has 1 aromatic rings. The van der Waals surface area contributed by atoms with Crippen molar-refractivity contribution in [3.63, 3.8) is 0 Å². The Morgan fingerprint density at radius 3 is 1.85 bits per heavy atom. The zero-order valence-corrected chi connectivity index (χ0v) is 10.6. The van der Waals surface area contributed by atoms with E-state index in [0.717, 1.165) is 0 Å². The molecule has 0 aliphatic carbocycles. The molecule has 74 valence electrons. The van der Waals surface area contributed by atoms with Gasteiger partial charge in [-0.2, -0.15) is 8.42 Å². The highest BCUT2D eigenvalue weighted by molar-refractivity contribution is 9.10. The van der Waals surface area contributed by atoms with Gasteiger partial charge in [-0.25, -0.2) is 0 Å². The van der Waals surface area contributed by atoms with Gasteiger partial charge in [-0.1, -0.05) is 34.1 Å². The highest BCUT2D eigenvalue weighted by Crippen LogP contribution is 2.13. The van der Waals surface area contributed by atoms with Crippen LogP contribution in [0.3, 0.4) is 0 Å². The Labute approximate surface area is 94.9 Å². The Balaban J connectivity index is 0.000000252. The van der Waals surface area contributed by atoms with Gasteiger partial charge in [0.25, 0.3) is 0 Å². The molecular formula is C7H7BrCl2O2S. The van der Waals surface area contributed by atoms with Gasteiger partial charge in [-0.05, 0) is 18.6 Å². The lowest BCUT2D eigenvalue weighted by Gasteiger charge is -1.91. The molecule has 1 aromatic carbocycles. The van der Waals surface area contributed by atoms with Crippen molar-refractivity contribution in [2.24, 2.45) is 0 Å². The van der Waals surface area contributed by atoms with Gasteiger partial charge in [-0.15, -0.1) is 0 Å². The van der Waals surface area contributed by atoms with Gasteiger partial charge in [0.1, 0.15) is 0 Å². The van der Waals surface area contributed by atoms with Gasteiger partial charge in [0.15, 0.2) is 0 Å². The smallest absolute Gasteiger partial charge is 0.195 e. The molecule has 6 heteroatoms. The zero-order valence-electron chi connectivity index (χ0n) is 6.67. The molecule has 0 saturated carbocycles. The summed E-state index contributed by atoms with van der Waals surface area (Å²) in [6.45, 7) is 2.07. The van der Waals surface area contributed by atoms with Gasteiger partial charge < -0.3 is 0 Å². The van der Waals surface area contributed by atoms with Crippen LogP contribution in [0.15, 0.2) is 28.7 Å². The third kappa shape index (κ3) is 10.1. The Morgan fingerprint density at radius 1 is 1.23 bits per heavy atom. The summed E-state index contributed by atoms with van der Waals surface area (Å²) in [7, 11) is 4.81. The molecule has 0 radical (unpaired) electrons. The number of hydrogen-bond donors (Lipinski definition) is 0. The van der Waals surface area contributed by atoms with Crippen molar-refractivity contribution in [3.8, 4) is 0 Å². The Hall–Kier alpha value is 0.230. The minimum Gasteiger partial charge on any atom is -0.195 e. The van der Waals surface area contributed by atoms with Crippen LogP contribution in [-0.2, 0) is 8.26 Å². The first-order valence-corrected chi connectivity index (χ1v) is 7.09. The van der Waals surface area contributed by atoms with Crippen LogP contribution in [0.1, 0.15) is 5.56 Å². The van der Waals surface area contributed by atoms with E-state index in [9.17, 15) is 0 Å². The van der Waals surface area contributed by atoms with Crippen molar-refractivity contribution in [1.29, 1.82) is 0 Å². The minimum atomic E-state index is -3.72. The van der Waals surface area contributed by atoms with Crippen LogP contribution in [0.2, 0.25) is 0 Å². The maximum atomic E-state index is 9.16. The molecule has 0 fully saturated rings. The lowest BCUT2D eigenvalue weighted by molar-refractivity contribution is 0.621. The second-order valence-corrected chi connectivity index (χ2v) is 6.65. The van der Waals surface area contributed by atoms with Crippen LogP contribution in [0.5, 0.6) is 0 Å². The average Bonchev–Trinajstić information content (AvgIpc) is 1.92. The molecule has 0 amide bonds. The maximum absolute atomic E-state index is 9.16. The second-order valence-electron chi connectivity index (χ2n) is 2.13. The topological polar surface area (TPSA) is 34.1 Å². The monoisotopic (exact) mass is 304 g/mol. The van der Waals surface area contributed by atoms with Crippen molar-refractivity contribution in [1.82, 2.24) is 0 Å². The molecular weight excluding hydrogens is 299 g/mol. The molecule has 0 unspecified atom stereocenters. The van der Waals surface area contributed by atoms with Crippen molar-refractivity contribution in [2.75, 3.05) is 0 Å². The summed E-state index contributed by atoms with van der Waals surface area (Å²) in [5, 5.41) is 0. The normalized spacial score (nSPS) is 10.2. The second kappa shape index (κ2) is 5.86. The van der Waals surface area contributed by atoms with Crippen molar-refractivity contribution in [2.45, 2.75) is 6.92 Å². The van der Waals surface area contributed by atoms with E-state index in [1.165, 1.54) is 10.0 Å². The third-order valence-electron chi connectivity index (χ3n) is 1.08. The van der Waals surface area contributed by atoms with Gasteiger partial charge in [0.05, 0.1) is 0 Å². The van der Waals surface area contributed by atoms with E-state index in [0.29, 0.717) is 0 Å². The predicted molar refractivity (Wildman–Crippen MR) is 59.5 cm³/mol. The number of rotatable bonds is 0. The Kier molecular flexibility index (Phi) is 5.96. The van der Waals surface area contributed by atoms with Crippen molar-refractivity contribution < 1.29 is 8.42 Å². The number of aryl methyl sites for hydroxylation is 1. The maximum Gasteiger partial charge on any atom is 0.317 e. The molecule has 0 bridgehead atoms. The summed E-state index contributed by atoms with van der Waals surface area (Å²) in [6.07, 6.45) is 0. The van der Waals surface area contributed by atoms with Crippen LogP contribution in [0.25, 0.3) is 0 Å². The molecule has 0 aliphatic heterocycles. The van der Waals surface area contributed by atoms with E-state index in [2.05, 4.69) is 50.3 Å². The molecule has 0 aromatic heterocycles. The van der Waals surface area contributed by atoms with Crippen LogP contribution in [0, 0.1) is 6.92 Å². The number of halogens is 3. The van der Waals surface area contributed by atoms with E-state index in [4.69, 9.17) is 8.42 Å².